The monoisotopic (exact) mass is 219 g/mol. The molecule has 0 amide bonds. The Bertz CT molecular complexity index is 474. The number of phenols is 1. The highest BCUT2D eigenvalue weighted by Crippen LogP contribution is 2.25. The van der Waals surface area contributed by atoms with E-state index in [0.29, 0.717) is 16.5 Å². The highest BCUT2D eigenvalue weighted by molar-refractivity contribution is 6.30. The standard InChI is InChI=1S/C11H8ClN2O/c12-8-5-6-13-11(7-8)14-9-3-1-2-4-10(9)15/h1-5,7,15H,(H,13,14). The molecule has 0 aliphatic rings. The fraction of sp³-hybridized carbons (Fsp3) is 0. The molecule has 0 unspecified atom stereocenters. The minimum atomic E-state index is 0.166. The predicted molar refractivity (Wildman–Crippen MR) is 59.5 cm³/mol. The van der Waals surface area contributed by atoms with Crippen molar-refractivity contribution in [2.24, 2.45) is 0 Å². The summed E-state index contributed by atoms with van der Waals surface area (Å²) in [7, 11) is 0. The number of aromatic nitrogens is 1. The number of hydrogen-bond acceptors (Lipinski definition) is 3. The van der Waals surface area contributed by atoms with Crippen LogP contribution >= 0.6 is 11.6 Å². The molecule has 1 radical (unpaired) electrons. The lowest BCUT2D eigenvalue weighted by Crippen LogP contribution is -1.93. The zero-order valence-electron chi connectivity index (χ0n) is 7.74. The van der Waals surface area contributed by atoms with E-state index in [0.717, 1.165) is 0 Å². The smallest absolute Gasteiger partial charge is 0.139 e. The first-order valence-corrected chi connectivity index (χ1v) is 4.72. The van der Waals surface area contributed by atoms with Crippen molar-refractivity contribution < 1.29 is 5.11 Å². The molecule has 0 fully saturated rings. The summed E-state index contributed by atoms with van der Waals surface area (Å²) in [5.74, 6) is 0.711. The molecule has 0 bridgehead atoms. The third-order valence-electron chi connectivity index (χ3n) is 1.83. The summed E-state index contributed by atoms with van der Waals surface area (Å²) in [6.45, 7) is 0. The molecule has 0 saturated heterocycles. The van der Waals surface area contributed by atoms with E-state index in [4.69, 9.17) is 11.6 Å². The largest absolute Gasteiger partial charge is 0.506 e. The lowest BCUT2D eigenvalue weighted by molar-refractivity contribution is 0.477. The van der Waals surface area contributed by atoms with Crippen molar-refractivity contribution in [1.82, 2.24) is 4.98 Å². The molecule has 75 valence electrons. The molecule has 2 N–H and O–H groups in total. The Hall–Kier alpha value is -1.74. The number of rotatable bonds is 2. The van der Waals surface area contributed by atoms with Crippen LogP contribution in [-0.4, -0.2) is 10.1 Å². The van der Waals surface area contributed by atoms with Crippen molar-refractivity contribution in [1.29, 1.82) is 0 Å². The van der Waals surface area contributed by atoms with Gasteiger partial charge in [0, 0.05) is 5.02 Å². The number of pyridine rings is 1. The molecule has 0 aliphatic carbocycles. The number of anilines is 2. The minimum absolute atomic E-state index is 0.166. The topological polar surface area (TPSA) is 45.1 Å². The van der Waals surface area contributed by atoms with Gasteiger partial charge in [0.2, 0.25) is 0 Å². The molecular weight excluding hydrogens is 212 g/mol. The van der Waals surface area contributed by atoms with Crippen molar-refractivity contribution >= 4 is 23.1 Å². The number of phenolic OH excluding ortho intramolecular Hbond substituents is 1. The number of para-hydroxylation sites is 2. The van der Waals surface area contributed by atoms with Crippen LogP contribution < -0.4 is 5.32 Å². The van der Waals surface area contributed by atoms with Crippen LogP contribution in [0.1, 0.15) is 0 Å². The molecule has 1 aromatic heterocycles. The summed E-state index contributed by atoms with van der Waals surface area (Å²) in [5.41, 5.74) is 0.584. The number of halogens is 1. The third-order valence-corrected chi connectivity index (χ3v) is 2.05. The van der Waals surface area contributed by atoms with Gasteiger partial charge in [0.15, 0.2) is 0 Å². The van der Waals surface area contributed by atoms with Crippen molar-refractivity contribution in [3.05, 3.63) is 47.6 Å². The van der Waals surface area contributed by atoms with Gasteiger partial charge in [-0.1, -0.05) is 23.7 Å². The summed E-state index contributed by atoms with van der Waals surface area (Å²) in [5, 5.41) is 13.0. The van der Waals surface area contributed by atoms with Crippen LogP contribution in [0.2, 0.25) is 5.02 Å². The highest BCUT2D eigenvalue weighted by atomic mass is 35.5. The van der Waals surface area contributed by atoms with Crippen LogP contribution in [0.5, 0.6) is 5.75 Å². The Morgan fingerprint density at radius 3 is 2.87 bits per heavy atom. The Kier molecular flexibility index (Phi) is 2.74. The molecular formula is C11H8ClN2O. The predicted octanol–water partition coefficient (Wildman–Crippen LogP) is 2.98. The van der Waals surface area contributed by atoms with Crippen LogP contribution in [0.25, 0.3) is 0 Å². The molecule has 4 heteroatoms. The lowest BCUT2D eigenvalue weighted by Gasteiger charge is -2.06. The van der Waals surface area contributed by atoms with Crippen LogP contribution in [0.4, 0.5) is 11.5 Å². The maximum atomic E-state index is 9.51. The van der Waals surface area contributed by atoms with E-state index in [1.165, 1.54) is 0 Å². The first kappa shape index (κ1) is 9.80. The Morgan fingerprint density at radius 1 is 1.33 bits per heavy atom. The van der Waals surface area contributed by atoms with Gasteiger partial charge in [-0.05, 0) is 24.3 Å². The molecule has 1 heterocycles. The lowest BCUT2D eigenvalue weighted by atomic mass is 10.3. The summed E-state index contributed by atoms with van der Waals surface area (Å²) >= 11 is 5.78. The van der Waals surface area contributed by atoms with Crippen molar-refractivity contribution in [2.45, 2.75) is 0 Å². The molecule has 15 heavy (non-hydrogen) atoms. The summed E-state index contributed by atoms with van der Waals surface area (Å²) in [6.07, 6.45) is 2.64. The second-order valence-electron chi connectivity index (χ2n) is 2.94. The number of nitrogens with zero attached hydrogens (tertiary/aromatic N) is 1. The van der Waals surface area contributed by atoms with Crippen molar-refractivity contribution in [3.8, 4) is 5.75 Å². The summed E-state index contributed by atoms with van der Waals surface area (Å²) in [4.78, 5) is 3.94. The van der Waals surface area contributed by atoms with Gasteiger partial charge >= 0.3 is 0 Å². The normalized spacial score (nSPS) is 9.93. The summed E-state index contributed by atoms with van der Waals surface area (Å²) < 4.78 is 0. The van der Waals surface area contributed by atoms with E-state index >= 15 is 0 Å². The quantitative estimate of drug-likeness (QED) is 0.764. The highest BCUT2D eigenvalue weighted by Gasteiger charge is 2.00. The van der Waals surface area contributed by atoms with Gasteiger partial charge in [-0.15, -0.1) is 0 Å². The van der Waals surface area contributed by atoms with Crippen LogP contribution in [0, 0.1) is 6.20 Å². The third kappa shape index (κ3) is 2.39. The van der Waals surface area contributed by atoms with E-state index in [1.54, 1.807) is 30.3 Å². The molecule has 0 atom stereocenters. The number of nitrogens with one attached hydrogen (secondary N) is 1. The van der Waals surface area contributed by atoms with Gasteiger partial charge in [-0.3, -0.25) is 0 Å². The average Bonchev–Trinajstić information content (AvgIpc) is 2.22. The second kappa shape index (κ2) is 4.19. The molecule has 0 aliphatic heterocycles. The van der Waals surface area contributed by atoms with E-state index in [1.807, 2.05) is 6.07 Å². The number of hydrogen-bond donors (Lipinski definition) is 2. The van der Waals surface area contributed by atoms with Gasteiger partial charge in [0.25, 0.3) is 0 Å². The maximum Gasteiger partial charge on any atom is 0.139 e. The first-order valence-electron chi connectivity index (χ1n) is 4.34. The molecule has 3 nitrogen and oxygen atoms in total. The Labute approximate surface area is 92.4 Å². The molecule has 0 spiro atoms. The van der Waals surface area contributed by atoms with Crippen molar-refractivity contribution in [2.75, 3.05) is 5.32 Å². The van der Waals surface area contributed by atoms with Gasteiger partial charge in [0.1, 0.15) is 11.6 Å². The van der Waals surface area contributed by atoms with Gasteiger partial charge in [-0.2, -0.15) is 0 Å². The van der Waals surface area contributed by atoms with Gasteiger partial charge in [-0.25, -0.2) is 4.98 Å². The fourth-order valence-electron chi connectivity index (χ4n) is 1.15. The second-order valence-corrected chi connectivity index (χ2v) is 3.38. The molecule has 2 aromatic rings. The van der Waals surface area contributed by atoms with E-state index in [2.05, 4.69) is 16.5 Å². The SMILES string of the molecule is Oc1ccccc1Nc1cc(Cl)c[c]n1. The molecule has 1 aromatic carbocycles. The number of benzene rings is 1. The molecule has 0 saturated carbocycles. The first-order chi connectivity index (χ1) is 7.25. The van der Waals surface area contributed by atoms with Crippen LogP contribution in [0.15, 0.2) is 36.4 Å². The Balaban J connectivity index is 2.26. The van der Waals surface area contributed by atoms with Crippen molar-refractivity contribution in [3.63, 3.8) is 0 Å². The molecule has 2 rings (SSSR count). The van der Waals surface area contributed by atoms with Crippen LogP contribution in [0.3, 0.4) is 0 Å². The number of aromatic hydroxyl groups is 1. The van der Waals surface area contributed by atoms with E-state index < -0.39 is 0 Å². The minimum Gasteiger partial charge on any atom is -0.506 e. The van der Waals surface area contributed by atoms with Gasteiger partial charge in [0.05, 0.1) is 11.9 Å². The Morgan fingerprint density at radius 2 is 2.13 bits per heavy atom. The zero-order chi connectivity index (χ0) is 10.7. The van der Waals surface area contributed by atoms with Gasteiger partial charge < -0.3 is 10.4 Å². The van der Waals surface area contributed by atoms with E-state index in [-0.39, 0.29) is 5.75 Å². The zero-order valence-corrected chi connectivity index (χ0v) is 8.49. The summed E-state index contributed by atoms with van der Waals surface area (Å²) in [6, 6.07) is 10.1. The average molecular weight is 220 g/mol. The van der Waals surface area contributed by atoms with Crippen LogP contribution in [-0.2, 0) is 0 Å². The maximum absolute atomic E-state index is 9.51. The van der Waals surface area contributed by atoms with E-state index in [9.17, 15) is 5.11 Å². The fourth-order valence-corrected chi connectivity index (χ4v) is 1.30.